The number of aromatic amines is 1. The second kappa shape index (κ2) is 5.07. The van der Waals surface area contributed by atoms with E-state index in [0.29, 0.717) is 19.4 Å². The maximum absolute atomic E-state index is 12.2. The van der Waals surface area contributed by atoms with Gasteiger partial charge in [-0.25, -0.2) is 8.42 Å². The first-order chi connectivity index (χ1) is 8.55. The zero-order valence-electron chi connectivity index (χ0n) is 10.00. The van der Waals surface area contributed by atoms with E-state index in [9.17, 15) is 13.2 Å². The Balaban J connectivity index is 2.17. The lowest BCUT2D eigenvalue weighted by atomic mass is 10.0. The first-order valence-electron chi connectivity index (χ1n) is 5.63. The molecule has 100 valence electrons. The number of ether oxygens (including phenoxy) is 1. The SMILES string of the molecule is COC(=O)C1CCCN(S(=O)(=O)c2ccn[nH]2)C1. The molecule has 2 rings (SSSR count). The molecule has 2 heterocycles. The van der Waals surface area contributed by atoms with Gasteiger partial charge in [-0.05, 0) is 18.9 Å². The minimum absolute atomic E-state index is 0.0491. The van der Waals surface area contributed by atoms with Gasteiger partial charge in [0.15, 0.2) is 5.03 Å². The smallest absolute Gasteiger partial charge is 0.309 e. The third-order valence-corrected chi connectivity index (χ3v) is 4.81. The molecule has 1 atom stereocenters. The van der Waals surface area contributed by atoms with Crippen molar-refractivity contribution in [1.82, 2.24) is 14.5 Å². The number of methoxy groups -OCH3 is 1. The van der Waals surface area contributed by atoms with Crippen molar-refractivity contribution in [2.24, 2.45) is 5.92 Å². The number of piperidine rings is 1. The summed E-state index contributed by atoms with van der Waals surface area (Å²) < 4.78 is 30.4. The average Bonchev–Trinajstić information content (AvgIpc) is 2.92. The van der Waals surface area contributed by atoms with Gasteiger partial charge in [0.2, 0.25) is 0 Å². The second-order valence-corrected chi connectivity index (χ2v) is 6.05. The van der Waals surface area contributed by atoms with E-state index in [-0.39, 0.29) is 23.5 Å². The number of nitrogens with one attached hydrogen (secondary N) is 1. The Kier molecular flexibility index (Phi) is 3.67. The largest absolute Gasteiger partial charge is 0.469 e. The van der Waals surface area contributed by atoms with Crippen LogP contribution in [0.15, 0.2) is 17.3 Å². The summed E-state index contributed by atoms with van der Waals surface area (Å²) in [5.74, 6) is -0.749. The molecule has 1 aliphatic heterocycles. The molecule has 1 aliphatic rings. The molecule has 0 amide bonds. The lowest BCUT2D eigenvalue weighted by molar-refractivity contribution is -0.146. The number of sulfonamides is 1. The quantitative estimate of drug-likeness (QED) is 0.781. The lowest BCUT2D eigenvalue weighted by Crippen LogP contribution is -2.42. The lowest BCUT2D eigenvalue weighted by Gasteiger charge is -2.29. The molecular weight excluding hydrogens is 258 g/mol. The molecule has 1 fully saturated rings. The number of rotatable bonds is 3. The van der Waals surface area contributed by atoms with Gasteiger partial charge in [-0.2, -0.15) is 9.40 Å². The fraction of sp³-hybridized carbons (Fsp3) is 0.600. The van der Waals surface area contributed by atoms with Gasteiger partial charge in [0, 0.05) is 13.1 Å². The number of aromatic nitrogens is 2. The summed E-state index contributed by atoms with van der Waals surface area (Å²) in [5, 5.41) is 6.12. The van der Waals surface area contributed by atoms with Crippen molar-refractivity contribution >= 4 is 16.0 Å². The molecule has 1 saturated heterocycles. The van der Waals surface area contributed by atoms with Crippen LogP contribution in [0.5, 0.6) is 0 Å². The first kappa shape index (κ1) is 13.0. The highest BCUT2D eigenvalue weighted by molar-refractivity contribution is 7.89. The van der Waals surface area contributed by atoms with Crippen LogP contribution >= 0.6 is 0 Å². The van der Waals surface area contributed by atoms with Gasteiger partial charge >= 0.3 is 5.97 Å². The molecule has 0 bridgehead atoms. The molecule has 0 saturated carbocycles. The van der Waals surface area contributed by atoms with Crippen LogP contribution in [0.2, 0.25) is 0 Å². The van der Waals surface area contributed by atoms with Gasteiger partial charge in [-0.15, -0.1) is 0 Å². The van der Waals surface area contributed by atoms with Gasteiger partial charge in [0.05, 0.1) is 19.2 Å². The molecule has 0 spiro atoms. The maximum atomic E-state index is 12.2. The minimum Gasteiger partial charge on any atom is -0.469 e. The third-order valence-electron chi connectivity index (χ3n) is 3.01. The van der Waals surface area contributed by atoms with Gasteiger partial charge in [0.1, 0.15) is 0 Å². The standard InChI is InChI=1S/C10H15N3O4S/c1-17-10(14)8-3-2-6-13(7-8)18(15,16)9-4-5-11-12-9/h4-5,8H,2-3,6-7H2,1H3,(H,11,12). The van der Waals surface area contributed by atoms with Gasteiger partial charge in [-0.1, -0.05) is 0 Å². The summed E-state index contributed by atoms with van der Waals surface area (Å²) in [5.41, 5.74) is 0. The fourth-order valence-corrected chi connectivity index (χ4v) is 3.47. The Morgan fingerprint density at radius 3 is 3.00 bits per heavy atom. The summed E-state index contributed by atoms with van der Waals surface area (Å²) in [6, 6.07) is 1.40. The second-order valence-electron chi connectivity index (χ2n) is 4.15. The monoisotopic (exact) mass is 273 g/mol. The Labute approximate surface area is 105 Å². The van der Waals surface area contributed by atoms with Crippen LogP contribution < -0.4 is 0 Å². The zero-order chi connectivity index (χ0) is 13.2. The van der Waals surface area contributed by atoms with Crippen molar-refractivity contribution in [3.05, 3.63) is 12.3 Å². The van der Waals surface area contributed by atoms with Crippen molar-refractivity contribution in [3.8, 4) is 0 Å². The van der Waals surface area contributed by atoms with E-state index < -0.39 is 10.0 Å². The van der Waals surface area contributed by atoms with E-state index >= 15 is 0 Å². The van der Waals surface area contributed by atoms with Crippen LogP contribution in [0.4, 0.5) is 0 Å². The van der Waals surface area contributed by atoms with Crippen LogP contribution in [-0.4, -0.2) is 49.1 Å². The van der Waals surface area contributed by atoms with Gasteiger partial charge in [0.25, 0.3) is 10.0 Å². The Hall–Kier alpha value is -1.41. The number of hydrogen-bond donors (Lipinski definition) is 1. The normalized spacial score (nSPS) is 21.7. The van der Waals surface area contributed by atoms with E-state index in [4.69, 9.17) is 0 Å². The van der Waals surface area contributed by atoms with Crippen molar-refractivity contribution in [2.45, 2.75) is 17.9 Å². The number of hydrogen-bond acceptors (Lipinski definition) is 5. The molecule has 0 aromatic carbocycles. The van der Waals surface area contributed by atoms with Crippen LogP contribution in [0.25, 0.3) is 0 Å². The number of H-pyrrole nitrogens is 1. The van der Waals surface area contributed by atoms with E-state index in [1.165, 1.54) is 23.7 Å². The van der Waals surface area contributed by atoms with Crippen LogP contribution in [0.3, 0.4) is 0 Å². The highest BCUT2D eigenvalue weighted by atomic mass is 32.2. The Morgan fingerprint density at radius 2 is 2.39 bits per heavy atom. The molecule has 0 aliphatic carbocycles. The number of carbonyl (C=O) groups excluding carboxylic acids is 1. The summed E-state index contributed by atoms with van der Waals surface area (Å²) in [6.45, 7) is 0.572. The van der Waals surface area contributed by atoms with E-state index in [0.717, 1.165) is 0 Å². The highest BCUT2D eigenvalue weighted by Gasteiger charge is 2.34. The maximum Gasteiger partial charge on any atom is 0.309 e. The van der Waals surface area contributed by atoms with Gasteiger partial charge < -0.3 is 4.74 Å². The van der Waals surface area contributed by atoms with E-state index in [2.05, 4.69) is 14.9 Å². The molecule has 1 unspecified atom stereocenters. The molecule has 1 N–H and O–H groups in total. The molecule has 8 heteroatoms. The van der Waals surface area contributed by atoms with Crippen molar-refractivity contribution in [1.29, 1.82) is 0 Å². The highest BCUT2D eigenvalue weighted by Crippen LogP contribution is 2.23. The Morgan fingerprint density at radius 1 is 1.61 bits per heavy atom. The minimum atomic E-state index is -3.59. The molecule has 1 aromatic heterocycles. The topological polar surface area (TPSA) is 92.4 Å². The first-order valence-corrected chi connectivity index (χ1v) is 7.07. The molecule has 18 heavy (non-hydrogen) atoms. The third kappa shape index (κ3) is 2.39. The molecule has 1 aromatic rings. The van der Waals surface area contributed by atoms with Crippen molar-refractivity contribution in [2.75, 3.05) is 20.2 Å². The van der Waals surface area contributed by atoms with Crippen LogP contribution in [0, 0.1) is 5.92 Å². The summed E-state index contributed by atoms with van der Waals surface area (Å²) >= 11 is 0. The number of esters is 1. The summed E-state index contributed by atoms with van der Waals surface area (Å²) in [7, 11) is -2.28. The van der Waals surface area contributed by atoms with Gasteiger partial charge in [-0.3, -0.25) is 9.89 Å². The van der Waals surface area contributed by atoms with Crippen molar-refractivity contribution in [3.63, 3.8) is 0 Å². The van der Waals surface area contributed by atoms with Crippen molar-refractivity contribution < 1.29 is 17.9 Å². The van der Waals surface area contributed by atoms with E-state index in [1.54, 1.807) is 0 Å². The zero-order valence-corrected chi connectivity index (χ0v) is 10.8. The molecule has 7 nitrogen and oxygen atoms in total. The van der Waals surface area contributed by atoms with E-state index in [1.807, 2.05) is 0 Å². The Bertz CT molecular complexity index is 511. The summed E-state index contributed by atoms with van der Waals surface area (Å²) in [6.07, 6.45) is 2.68. The van der Waals surface area contributed by atoms with Crippen LogP contribution in [-0.2, 0) is 19.6 Å². The van der Waals surface area contributed by atoms with Crippen LogP contribution in [0.1, 0.15) is 12.8 Å². The molecular formula is C10H15N3O4S. The molecule has 0 radical (unpaired) electrons. The number of carbonyl (C=O) groups is 1. The number of nitrogens with zero attached hydrogens (tertiary/aromatic N) is 2. The average molecular weight is 273 g/mol. The fourth-order valence-electron chi connectivity index (χ4n) is 2.05. The summed E-state index contributed by atoms with van der Waals surface area (Å²) in [4.78, 5) is 11.5. The predicted octanol–water partition coefficient (Wildman–Crippen LogP) is -0.0166. The predicted molar refractivity (Wildman–Crippen MR) is 62.1 cm³/mol.